The van der Waals surface area contributed by atoms with Gasteiger partial charge in [-0.25, -0.2) is 17.6 Å². The minimum absolute atomic E-state index is 0.102. The smallest absolute Gasteiger partial charge is 0.134 e. The van der Waals surface area contributed by atoms with E-state index in [1.165, 1.54) is 24.3 Å². The third-order valence-electron chi connectivity index (χ3n) is 5.43. The molecule has 0 N–H and O–H groups in total. The second kappa shape index (κ2) is 8.31. The summed E-state index contributed by atoms with van der Waals surface area (Å²) in [5.41, 5.74) is 2.33. The molecule has 0 spiro atoms. The average molecular weight is 408 g/mol. The van der Waals surface area contributed by atoms with E-state index in [1.807, 2.05) is 6.92 Å². The maximum Gasteiger partial charge on any atom is 0.134 e. The van der Waals surface area contributed by atoms with E-state index in [-0.39, 0.29) is 17.2 Å². The van der Waals surface area contributed by atoms with E-state index in [2.05, 4.69) is 0 Å². The van der Waals surface area contributed by atoms with Gasteiger partial charge in [-0.3, -0.25) is 0 Å². The first-order chi connectivity index (χ1) is 14.5. The van der Waals surface area contributed by atoms with Crippen molar-refractivity contribution in [1.29, 1.82) is 0 Å². The third-order valence-corrected chi connectivity index (χ3v) is 5.43. The molecule has 0 atom stereocenters. The maximum atomic E-state index is 15.0. The van der Waals surface area contributed by atoms with Crippen molar-refractivity contribution in [3.05, 3.63) is 107 Å². The molecule has 0 amide bonds. The van der Waals surface area contributed by atoms with Gasteiger partial charge < -0.3 is 0 Å². The van der Waals surface area contributed by atoms with Crippen LogP contribution in [0.25, 0.3) is 21.9 Å². The Balaban J connectivity index is 1.65. The molecule has 0 unspecified atom stereocenters. The first-order valence-corrected chi connectivity index (χ1v) is 9.90. The first kappa shape index (κ1) is 20.1. The normalized spacial score (nSPS) is 11.2. The predicted molar refractivity (Wildman–Crippen MR) is 112 cm³/mol. The molecule has 0 aliphatic heterocycles. The van der Waals surface area contributed by atoms with Crippen molar-refractivity contribution >= 4 is 10.8 Å². The van der Waals surface area contributed by atoms with Gasteiger partial charge in [0, 0.05) is 5.39 Å². The van der Waals surface area contributed by atoms with Crippen LogP contribution in [0.5, 0.6) is 0 Å². The van der Waals surface area contributed by atoms with Crippen LogP contribution in [-0.2, 0) is 19.3 Å². The summed E-state index contributed by atoms with van der Waals surface area (Å²) in [5.74, 6) is -1.89. The van der Waals surface area contributed by atoms with Crippen molar-refractivity contribution in [3.63, 3.8) is 0 Å². The number of halogens is 4. The summed E-state index contributed by atoms with van der Waals surface area (Å²) in [6.45, 7) is 1.83. The number of fused-ring (bicyclic) bond motifs is 1. The Morgan fingerprint density at radius 2 is 1.37 bits per heavy atom. The Kier molecular flexibility index (Phi) is 5.58. The standard InChI is InChI=1S/C26H20F4/c1-2-16-13-23(28)25(24(29)14-16)20-9-12-22-19(15-20)8-7-18(26(22)30)6-3-17-4-10-21(27)11-5-17/h4-5,7-15H,2-3,6H2,1H3. The summed E-state index contributed by atoms with van der Waals surface area (Å²) in [6, 6.07) is 17.0. The van der Waals surface area contributed by atoms with Gasteiger partial charge >= 0.3 is 0 Å². The van der Waals surface area contributed by atoms with Crippen LogP contribution in [-0.4, -0.2) is 0 Å². The van der Waals surface area contributed by atoms with Gasteiger partial charge in [0.15, 0.2) is 0 Å². The lowest BCUT2D eigenvalue weighted by Crippen LogP contribution is -1.97. The lowest BCUT2D eigenvalue weighted by Gasteiger charge is -2.11. The SMILES string of the molecule is CCc1cc(F)c(-c2ccc3c(F)c(CCc4ccc(F)cc4)ccc3c2)c(F)c1. The molecule has 0 bridgehead atoms. The van der Waals surface area contributed by atoms with Crippen molar-refractivity contribution in [1.82, 2.24) is 0 Å². The Hall–Kier alpha value is -3.14. The van der Waals surface area contributed by atoms with Crippen molar-refractivity contribution < 1.29 is 17.6 Å². The quantitative estimate of drug-likeness (QED) is 0.302. The molecular formula is C26H20F4. The van der Waals surface area contributed by atoms with Gasteiger partial charge in [-0.05, 0) is 77.2 Å². The number of hydrogen-bond acceptors (Lipinski definition) is 0. The third kappa shape index (κ3) is 3.95. The van der Waals surface area contributed by atoms with E-state index >= 15 is 4.39 Å². The minimum atomic E-state index is -0.623. The van der Waals surface area contributed by atoms with Crippen LogP contribution in [0.15, 0.2) is 66.7 Å². The fourth-order valence-electron chi connectivity index (χ4n) is 3.72. The van der Waals surface area contributed by atoms with Crippen LogP contribution in [0.2, 0.25) is 0 Å². The molecule has 0 heterocycles. The molecule has 0 aromatic heterocycles. The molecule has 152 valence electrons. The van der Waals surface area contributed by atoms with Gasteiger partial charge in [0.1, 0.15) is 23.3 Å². The Bertz CT molecular complexity index is 1190. The summed E-state index contributed by atoms with van der Waals surface area (Å²) in [5, 5.41) is 0.982. The highest BCUT2D eigenvalue weighted by Gasteiger charge is 2.15. The van der Waals surface area contributed by atoms with Crippen LogP contribution < -0.4 is 0 Å². The molecule has 4 heteroatoms. The molecule has 4 rings (SSSR count). The van der Waals surface area contributed by atoms with Crippen LogP contribution in [0, 0.1) is 23.3 Å². The summed E-state index contributed by atoms with van der Waals surface area (Å²) in [6.07, 6.45) is 1.59. The molecule has 0 aliphatic rings. The van der Waals surface area contributed by atoms with E-state index in [1.54, 1.807) is 42.5 Å². The highest BCUT2D eigenvalue weighted by molar-refractivity contribution is 5.88. The summed E-state index contributed by atoms with van der Waals surface area (Å²) in [4.78, 5) is 0. The molecule has 0 saturated carbocycles. The zero-order valence-electron chi connectivity index (χ0n) is 16.5. The summed E-state index contributed by atoms with van der Waals surface area (Å²) >= 11 is 0. The van der Waals surface area contributed by atoms with Crippen LogP contribution in [0.1, 0.15) is 23.6 Å². The van der Waals surface area contributed by atoms with Crippen molar-refractivity contribution in [3.8, 4) is 11.1 Å². The van der Waals surface area contributed by atoms with Crippen molar-refractivity contribution in [2.24, 2.45) is 0 Å². The number of benzene rings is 4. The van der Waals surface area contributed by atoms with E-state index in [4.69, 9.17) is 0 Å². The Morgan fingerprint density at radius 3 is 2.03 bits per heavy atom. The molecule has 0 radical (unpaired) electrons. The van der Waals surface area contributed by atoms with Crippen LogP contribution >= 0.6 is 0 Å². The zero-order valence-corrected chi connectivity index (χ0v) is 16.5. The second-order valence-electron chi connectivity index (χ2n) is 7.39. The van der Waals surface area contributed by atoms with E-state index in [0.717, 1.165) is 5.56 Å². The van der Waals surface area contributed by atoms with Gasteiger partial charge in [-0.15, -0.1) is 0 Å². The fraction of sp³-hybridized carbons (Fsp3) is 0.154. The van der Waals surface area contributed by atoms with E-state index in [0.29, 0.717) is 46.7 Å². The molecule has 0 nitrogen and oxygen atoms in total. The first-order valence-electron chi connectivity index (χ1n) is 9.90. The highest BCUT2D eigenvalue weighted by Crippen LogP contribution is 2.31. The minimum Gasteiger partial charge on any atom is -0.207 e. The van der Waals surface area contributed by atoms with Gasteiger partial charge in [0.2, 0.25) is 0 Å². The van der Waals surface area contributed by atoms with Gasteiger partial charge in [0.05, 0.1) is 5.56 Å². The zero-order chi connectivity index (χ0) is 21.3. The molecule has 0 fully saturated rings. The summed E-state index contributed by atoms with van der Waals surface area (Å²) in [7, 11) is 0. The largest absolute Gasteiger partial charge is 0.207 e. The van der Waals surface area contributed by atoms with E-state index < -0.39 is 11.6 Å². The fourth-order valence-corrected chi connectivity index (χ4v) is 3.72. The molecule has 4 aromatic rings. The second-order valence-corrected chi connectivity index (χ2v) is 7.39. The molecule has 0 saturated heterocycles. The van der Waals surface area contributed by atoms with Gasteiger partial charge in [0.25, 0.3) is 0 Å². The number of aryl methyl sites for hydroxylation is 3. The maximum absolute atomic E-state index is 15.0. The number of rotatable bonds is 5. The molecule has 0 aliphatic carbocycles. The van der Waals surface area contributed by atoms with Crippen LogP contribution in [0.3, 0.4) is 0 Å². The Labute approximate surface area is 172 Å². The number of hydrogen-bond donors (Lipinski definition) is 0. The van der Waals surface area contributed by atoms with Crippen molar-refractivity contribution in [2.75, 3.05) is 0 Å². The van der Waals surface area contributed by atoms with Gasteiger partial charge in [-0.1, -0.05) is 43.3 Å². The molecule has 4 aromatic carbocycles. The Morgan fingerprint density at radius 1 is 0.667 bits per heavy atom. The lowest BCUT2D eigenvalue weighted by molar-refractivity contribution is 0.586. The average Bonchev–Trinajstić information content (AvgIpc) is 2.74. The molecule has 30 heavy (non-hydrogen) atoms. The predicted octanol–water partition coefficient (Wildman–Crippen LogP) is 7.41. The van der Waals surface area contributed by atoms with Crippen molar-refractivity contribution in [2.45, 2.75) is 26.2 Å². The topological polar surface area (TPSA) is 0 Å². The van der Waals surface area contributed by atoms with Gasteiger partial charge in [-0.2, -0.15) is 0 Å². The van der Waals surface area contributed by atoms with E-state index in [9.17, 15) is 13.2 Å². The molecular weight excluding hydrogens is 388 g/mol. The van der Waals surface area contributed by atoms with Crippen LogP contribution in [0.4, 0.5) is 17.6 Å². The lowest BCUT2D eigenvalue weighted by atomic mass is 9.96. The summed E-state index contributed by atoms with van der Waals surface area (Å²) < 4.78 is 57.0. The highest BCUT2D eigenvalue weighted by atomic mass is 19.1. The monoisotopic (exact) mass is 408 g/mol.